The predicted molar refractivity (Wildman–Crippen MR) is 75.8 cm³/mol. The number of benzene rings is 1. The molecule has 2 aromatic rings. The molecule has 0 aliphatic heterocycles. The second-order valence-electron chi connectivity index (χ2n) is 4.97. The Morgan fingerprint density at radius 1 is 1.17 bits per heavy atom. The first-order chi connectivity index (χ1) is 8.54. The van der Waals surface area contributed by atoms with E-state index in [0.717, 1.165) is 17.7 Å². The second-order valence-corrected chi connectivity index (χ2v) is 5.36. The monoisotopic (exact) mass is 260 g/mol. The van der Waals surface area contributed by atoms with Crippen LogP contribution in [-0.2, 0) is 6.42 Å². The van der Waals surface area contributed by atoms with E-state index in [1.54, 1.807) is 0 Å². The van der Waals surface area contributed by atoms with E-state index in [-0.39, 0.29) is 0 Å². The SMILES string of the molecule is Cc1cccc(-c2nc(Cl)cc(CC(C)C)n2)c1. The van der Waals surface area contributed by atoms with Crippen LogP contribution in [-0.4, -0.2) is 9.97 Å². The number of hydrogen-bond donors (Lipinski definition) is 0. The maximum Gasteiger partial charge on any atom is 0.161 e. The van der Waals surface area contributed by atoms with Crippen molar-refractivity contribution < 1.29 is 0 Å². The molecule has 0 saturated carbocycles. The molecule has 0 fully saturated rings. The van der Waals surface area contributed by atoms with Gasteiger partial charge in [-0.05, 0) is 31.4 Å². The summed E-state index contributed by atoms with van der Waals surface area (Å²) in [5.74, 6) is 1.27. The third-order valence-electron chi connectivity index (χ3n) is 2.64. The summed E-state index contributed by atoms with van der Waals surface area (Å²) >= 11 is 6.07. The highest BCUT2D eigenvalue weighted by atomic mass is 35.5. The molecule has 18 heavy (non-hydrogen) atoms. The lowest BCUT2D eigenvalue weighted by Gasteiger charge is -2.07. The van der Waals surface area contributed by atoms with Gasteiger partial charge in [-0.1, -0.05) is 49.2 Å². The topological polar surface area (TPSA) is 25.8 Å². The second kappa shape index (κ2) is 5.49. The van der Waals surface area contributed by atoms with Crippen LogP contribution >= 0.6 is 11.6 Å². The fourth-order valence-corrected chi connectivity index (χ4v) is 2.11. The first-order valence-electron chi connectivity index (χ1n) is 6.15. The van der Waals surface area contributed by atoms with Gasteiger partial charge in [0.25, 0.3) is 0 Å². The Kier molecular flexibility index (Phi) is 3.97. The minimum atomic E-state index is 0.511. The Morgan fingerprint density at radius 3 is 2.61 bits per heavy atom. The van der Waals surface area contributed by atoms with Gasteiger partial charge in [0.2, 0.25) is 0 Å². The molecule has 2 nitrogen and oxygen atoms in total. The Labute approximate surface area is 113 Å². The van der Waals surface area contributed by atoms with Crippen molar-refractivity contribution in [3.8, 4) is 11.4 Å². The number of aromatic nitrogens is 2. The molecule has 0 aliphatic rings. The van der Waals surface area contributed by atoms with E-state index in [9.17, 15) is 0 Å². The molecule has 0 atom stereocenters. The van der Waals surface area contributed by atoms with Crippen LogP contribution in [0.2, 0.25) is 5.15 Å². The van der Waals surface area contributed by atoms with E-state index in [1.807, 2.05) is 18.2 Å². The fourth-order valence-electron chi connectivity index (χ4n) is 1.90. The molecule has 1 aromatic heterocycles. The maximum atomic E-state index is 6.07. The van der Waals surface area contributed by atoms with Gasteiger partial charge in [-0.25, -0.2) is 9.97 Å². The van der Waals surface area contributed by atoms with Crippen LogP contribution in [0.5, 0.6) is 0 Å². The van der Waals surface area contributed by atoms with Crippen LogP contribution in [0.15, 0.2) is 30.3 Å². The zero-order valence-electron chi connectivity index (χ0n) is 10.9. The van der Waals surface area contributed by atoms with E-state index in [1.165, 1.54) is 5.56 Å². The van der Waals surface area contributed by atoms with Crippen molar-refractivity contribution in [1.29, 1.82) is 0 Å². The third kappa shape index (κ3) is 3.30. The Morgan fingerprint density at radius 2 is 1.94 bits per heavy atom. The lowest BCUT2D eigenvalue weighted by atomic mass is 10.1. The number of hydrogen-bond acceptors (Lipinski definition) is 2. The lowest BCUT2D eigenvalue weighted by Crippen LogP contribution is -2.00. The van der Waals surface area contributed by atoms with Crippen molar-refractivity contribution in [2.45, 2.75) is 27.2 Å². The highest BCUT2D eigenvalue weighted by molar-refractivity contribution is 6.29. The molecule has 0 aliphatic carbocycles. The maximum absolute atomic E-state index is 6.07. The number of halogens is 1. The molecule has 0 amide bonds. The van der Waals surface area contributed by atoms with Crippen molar-refractivity contribution in [2.24, 2.45) is 5.92 Å². The van der Waals surface area contributed by atoms with Crippen molar-refractivity contribution in [1.82, 2.24) is 9.97 Å². The zero-order chi connectivity index (χ0) is 13.1. The molecule has 0 unspecified atom stereocenters. The molecule has 0 bridgehead atoms. The summed E-state index contributed by atoms with van der Waals surface area (Å²) in [4.78, 5) is 8.90. The van der Waals surface area contributed by atoms with Gasteiger partial charge in [0, 0.05) is 11.3 Å². The average molecular weight is 261 g/mol. The van der Waals surface area contributed by atoms with E-state index in [2.05, 4.69) is 42.9 Å². The lowest BCUT2D eigenvalue weighted by molar-refractivity contribution is 0.634. The molecule has 94 valence electrons. The molecule has 1 aromatic carbocycles. The summed E-state index contributed by atoms with van der Waals surface area (Å²) in [7, 11) is 0. The van der Waals surface area contributed by atoms with Crippen molar-refractivity contribution in [2.75, 3.05) is 0 Å². The first-order valence-corrected chi connectivity index (χ1v) is 6.53. The quantitative estimate of drug-likeness (QED) is 0.769. The average Bonchev–Trinajstić information content (AvgIpc) is 2.27. The smallest absolute Gasteiger partial charge is 0.161 e. The minimum Gasteiger partial charge on any atom is -0.233 e. The van der Waals surface area contributed by atoms with Crippen LogP contribution in [0.3, 0.4) is 0 Å². The number of aryl methyl sites for hydroxylation is 1. The van der Waals surface area contributed by atoms with Crippen molar-refractivity contribution in [3.05, 3.63) is 46.7 Å². The third-order valence-corrected chi connectivity index (χ3v) is 2.84. The number of nitrogens with zero attached hydrogens (tertiary/aromatic N) is 2. The van der Waals surface area contributed by atoms with E-state index < -0.39 is 0 Å². The van der Waals surface area contributed by atoms with Crippen LogP contribution in [0.4, 0.5) is 0 Å². The van der Waals surface area contributed by atoms with Crippen molar-refractivity contribution in [3.63, 3.8) is 0 Å². The summed E-state index contributed by atoms with van der Waals surface area (Å²) in [6, 6.07) is 10.0. The molecule has 0 radical (unpaired) electrons. The fraction of sp³-hybridized carbons (Fsp3) is 0.333. The Bertz CT molecular complexity index is 550. The summed E-state index contributed by atoms with van der Waals surface area (Å²) in [5.41, 5.74) is 3.21. The van der Waals surface area contributed by atoms with E-state index >= 15 is 0 Å². The van der Waals surface area contributed by atoms with E-state index in [4.69, 9.17) is 11.6 Å². The molecular weight excluding hydrogens is 244 g/mol. The Balaban J connectivity index is 2.41. The number of rotatable bonds is 3. The van der Waals surface area contributed by atoms with Crippen LogP contribution < -0.4 is 0 Å². The highest BCUT2D eigenvalue weighted by Gasteiger charge is 2.07. The highest BCUT2D eigenvalue weighted by Crippen LogP contribution is 2.20. The van der Waals surface area contributed by atoms with Crippen LogP contribution in [0.1, 0.15) is 25.1 Å². The summed E-state index contributed by atoms with van der Waals surface area (Å²) in [5, 5.41) is 0.511. The molecule has 1 heterocycles. The van der Waals surface area contributed by atoms with Crippen molar-refractivity contribution >= 4 is 11.6 Å². The molecule has 0 N–H and O–H groups in total. The molecular formula is C15H17ClN2. The standard InChI is InChI=1S/C15H17ClN2/c1-10(2)7-13-9-14(16)18-15(17-13)12-6-4-5-11(3)8-12/h4-6,8-10H,7H2,1-3H3. The van der Waals surface area contributed by atoms with Gasteiger partial charge in [-0.2, -0.15) is 0 Å². The molecule has 0 spiro atoms. The summed E-state index contributed by atoms with van der Waals surface area (Å²) < 4.78 is 0. The van der Waals surface area contributed by atoms with Gasteiger partial charge in [0.15, 0.2) is 5.82 Å². The van der Waals surface area contributed by atoms with Gasteiger partial charge in [-0.3, -0.25) is 0 Å². The van der Waals surface area contributed by atoms with Gasteiger partial charge < -0.3 is 0 Å². The normalized spacial score (nSPS) is 10.9. The van der Waals surface area contributed by atoms with E-state index in [0.29, 0.717) is 16.9 Å². The largest absolute Gasteiger partial charge is 0.233 e. The predicted octanol–water partition coefficient (Wildman–Crippen LogP) is 4.30. The molecule has 0 saturated heterocycles. The summed E-state index contributed by atoms with van der Waals surface area (Å²) in [6.45, 7) is 6.40. The molecule has 2 rings (SSSR count). The van der Waals surface area contributed by atoms with Crippen LogP contribution in [0, 0.1) is 12.8 Å². The van der Waals surface area contributed by atoms with Gasteiger partial charge in [0.1, 0.15) is 5.15 Å². The van der Waals surface area contributed by atoms with Crippen LogP contribution in [0.25, 0.3) is 11.4 Å². The van der Waals surface area contributed by atoms with Gasteiger partial charge >= 0.3 is 0 Å². The minimum absolute atomic E-state index is 0.511. The first kappa shape index (κ1) is 13.0. The zero-order valence-corrected chi connectivity index (χ0v) is 11.7. The summed E-state index contributed by atoms with van der Waals surface area (Å²) in [6.07, 6.45) is 0.918. The Hall–Kier alpha value is -1.41. The van der Waals surface area contributed by atoms with Gasteiger partial charge in [-0.15, -0.1) is 0 Å². The molecule has 3 heteroatoms. The van der Waals surface area contributed by atoms with Gasteiger partial charge in [0.05, 0.1) is 0 Å².